The van der Waals surface area contributed by atoms with Crippen molar-refractivity contribution in [1.29, 1.82) is 0 Å². The zero-order valence-corrected chi connectivity index (χ0v) is 13.6. The second-order valence-electron chi connectivity index (χ2n) is 5.96. The van der Waals surface area contributed by atoms with Crippen molar-refractivity contribution in [3.05, 3.63) is 89.5 Å². The lowest BCUT2D eigenvalue weighted by Gasteiger charge is -2.26. The van der Waals surface area contributed by atoms with E-state index in [1.807, 2.05) is 30.3 Å². The SMILES string of the molecule is Cc1ccc(N[C@@H]2c3ncccc3C(=O)N2c2ccccc2)cc1F. The van der Waals surface area contributed by atoms with E-state index in [2.05, 4.69) is 10.3 Å². The van der Waals surface area contributed by atoms with E-state index in [4.69, 9.17) is 0 Å². The molecular weight excluding hydrogens is 317 g/mol. The Labute approximate surface area is 144 Å². The van der Waals surface area contributed by atoms with E-state index in [-0.39, 0.29) is 11.7 Å². The predicted octanol–water partition coefficient (Wildman–Crippen LogP) is 4.30. The van der Waals surface area contributed by atoms with Crippen molar-refractivity contribution in [3.8, 4) is 0 Å². The van der Waals surface area contributed by atoms with Crippen molar-refractivity contribution in [2.24, 2.45) is 0 Å². The molecule has 2 aromatic carbocycles. The summed E-state index contributed by atoms with van der Waals surface area (Å²) in [4.78, 5) is 18.9. The predicted molar refractivity (Wildman–Crippen MR) is 95.0 cm³/mol. The van der Waals surface area contributed by atoms with E-state index in [0.29, 0.717) is 22.5 Å². The molecule has 0 bridgehead atoms. The summed E-state index contributed by atoms with van der Waals surface area (Å²) in [6.07, 6.45) is 1.17. The summed E-state index contributed by atoms with van der Waals surface area (Å²) in [6, 6.07) is 17.8. The highest BCUT2D eigenvalue weighted by atomic mass is 19.1. The topological polar surface area (TPSA) is 45.2 Å². The van der Waals surface area contributed by atoms with Gasteiger partial charge < -0.3 is 5.32 Å². The molecule has 1 aromatic heterocycles. The fourth-order valence-corrected chi connectivity index (χ4v) is 3.01. The number of hydrogen-bond acceptors (Lipinski definition) is 3. The van der Waals surface area contributed by atoms with Gasteiger partial charge in [0, 0.05) is 17.6 Å². The molecule has 2 heterocycles. The fraction of sp³-hybridized carbons (Fsp3) is 0.100. The summed E-state index contributed by atoms with van der Waals surface area (Å²) in [5.74, 6) is -0.416. The third-order valence-electron chi connectivity index (χ3n) is 4.31. The fourth-order valence-electron chi connectivity index (χ4n) is 3.01. The Morgan fingerprint density at radius 2 is 1.88 bits per heavy atom. The highest BCUT2D eigenvalue weighted by Crippen LogP contribution is 2.36. The van der Waals surface area contributed by atoms with Gasteiger partial charge in [0.05, 0.1) is 11.3 Å². The van der Waals surface area contributed by atoms with Crippen LogP contribution in [0, 0.1) is 12.7 Å². The van der Waals surface area contributed by atoms with E-state index >= 15 is 0 Å². The van der Waals surface area contributed by atoms with Crippen LogP contribution in [-0.2, 0) is 0 Å². The zero-order valence-electron chi connectivity index (χ0n) is 13.6. The number of para-hydroxylation sites is 1. The Morgan fingerprint density at radius 3 is 2.64 bits per heavy atom. The van der Waals surface area contributed by atoms with Crippen LogP contribution in [0.25, 0.3) is 0 Å². The average Bonchev–Trinajstić information content (AvgIpc) is 2.91. The molecule has 4 nitrogen and oxygen atoms in total. The molecule has 1 atom stereocenters. The van der Waals surface area contributed by atoms with Crippen molar-refractivity contribution in [1.82, 2.24) is 4.98 Å². The van der Waals surface area contributed by atoms with Gasteiger partial charge in [-0.15, -0.1) is 0 Å². The van der Waals surface area contributed by atoms with Gasteiger partial charge in [0.2, 0.25) is 0 Å². The number of aryl methyl sites for hydroxylation is 1. The number of benzene rings is 2. The summed E-state index contributed by atoms with van der Waals surface area (Å²) in [7, 11) is 0. The number of anilines is 2. The molecule has 124 valence electrons. The molecule has 0 saturated carbocycles. The Kier molecular flexibility index (Phi) is 3.69. The minimum atomic E-state index is -0.492. The molecule has 0 saturated heterocycles. The average molecular weight is 333 g/mol. The summed E-state index contributed by atoms with van der Waals surface area (Å²) >= 11 is 0. The molecule has 0 aliphatic carbocycles. The van der Waals surface area contributed by atoms with Crippen LogP contribution >= 0.6 is 0 Å². The van der Waals surface area contributed by atoms with E-state index in [1.165, 1.54) is 6.07 Å². The summed E-state index contributed by atoms with van der Waals surface area (Å²) in [6.45, 7) is 1.71. The number of fused-ring (bicyclic) bond motifs is 1. The molecular formula is C20H16FN3O. The van der Waals surface area contributed by atoms with E-state index in [0.717, 1.165) is 5.69 Å². The highest BCUT2D eigenvalue weighted by molar-refractivity contribution is 6.11. The van der Waals surface area contributed by atoms with Crippen LogP contribution in [0.5, 0.6) is 0 Å². The first-order valence-corrected chi connectivity index (χ1v) is 8.01. The van der Waals surface area contributed by atoms with Crippen LogP contribution in [0.3, 0.4) is 0 Å². The second kappa shape index (κ2) is 6.02. The molecule has 1 aliphatic rings. The van der Waals surface area contributed by atoms with Gasteiger partial charge in [-0.1, -0.05) is 24.3 Å². The Balaban J connectivity index is 1.78. The summed E-state index contributed by atoms with van der Waals surface area (Å²) in [5, 5.41) is 3.25. The summed E-state index contributed by atoms with van der Waals surface area (Å²) in [5.41, 5.74) is 3.12. The van der Waals surface area contributed by atoms with Gasteiger partial charge in [0.1, 0.15) is 5.82 Å². The van der Waals surface area contributed by atoms with Crippen molar-refractivity contribution < 1.29 is 9.18 Å². The van der Waals surface area contributed by atoms with E-state index in [9.17, 15) is 9.18 Å². The maximum atomic E-state index is 13.9. The lowest BCUT2D eigenvalue weighted by Crippen LogP contribution is -2.32. The minimum Gasteiger partial charge on any atom is -0.360 e. The lowest BCUT2D eigenvalue weighted by atomic mass is 10.2. The molecule has 0 fully saturated rings. The van der Waals surface area contributed by atoms with Gasteiger partial charge in [-0.2, -0.15) is 0 Å². The standard InChI is InChI=1S/C20H16FN3O/c1-13-9-10-14(12-17(13)21)23-19-18-16(8-5-11-22-18)20(25)24(19)15-6-3-2-4-7-15/h2-12,19,23H,1H3/t19-/m0/s1. The smallest absolute Gasteiger partial charge is 0.262 e. The third kappa shape index (κ3) is 2.63. The maximum Gasteiger partial charge on any atom is 0.262 e. The number of halogens is 1. The minimum absolute atomic E-state index is 0.126. The van der Waals surface area contributed by atoms with E-state index in [1.54, 1.807) is 42.3 Å². The van der Waals surface area contributed by atoms with Gasteiger partial charge in [-0.3, -0.25) is 14.7 Å². The van der Waals surface area contributed by atoms with Crippen molar-refractivity contribution in [3.63, 3.8) is 0 Å². The normalized spacial score (nSPS) is 16.0. The second-order valence-corrected chi connectivity index (χ2v) is 5.96. The monoisotopic (exact) mass is 333 g/mol. The van der Waals surface area contributed by atoms with Crippen LogP contribution < -0.4 is 10.2 Å². The molecule has 4 rings (SSSR count). The first-order valence-electron chi connectivity index (χ1n) is 8.01. The third-order valence-corrected chi connectivity index (χ3v) is 4.31. The zero-order chi connectivity index (χ0) is 17.4. The molecule has 1 aliphatic heterocycles. The molecule has 3 aromatic rings. The van der Waals surface area contributed by atoms with Crippen molar-refractivity contribution >= 4 is 17.3 Å². The number of carbonyl (C=O) groups is 1. The van der Waals surface area contributed by atoms with E-state index < -0.39 is 6.17 Å². The molecule has 1 N–H and O–H groups in total. The Bertz CT molecular complexity index is 943. The summed E-state index contributed by atoms with van der Waals surface area (Å²) < 4.78 is 13.9. The van der Waals surface area contributed by atoms with Gasteiger partial charge in [0.15, 0.2) is 6.17 Å². The number of hydrogen-bond donors (Lipinski definition) is 1. The molecule has 0 spiro atoms. The Hall–Kier alpha value is -3.21. The molecule has 1 amide bonds. The number of aromatic nitrogens is 1. The Morgan fingerprint density at radius 1 is 1.08 bits per heavy atom. The highest BCUT2D eigenvalue weighted by Gasteiger charge is 2.38. The maximum absolute atomic E-state index is 13.9. The lowest BCUT2D eigenvalue weighted by molar-refractivity contribution is 0.0993. The molecule has 0 unspecified atom stereocenters. The number of nitrogens with one attached hydrogen (secondary N) is 1. The van der Waals surface area contributed by atoms with Crippen LogP contribution in [0.1, 0.15) is 27.8 Å². The molecule has 25 heavy (non-hydrogen) atoms. The van der Waals surface area contributed by atoms with Crippen LogP contribution in [-0.4, -0.2) is 10.9 Å². The number of carbonyl (C=O) groups excluding carboxylic acids is 1. The number of nitrogens with zero attached hydrogens (tertiary/aromatic N) is 2. The van der Waals surface area contributed by atoms with Crippen molar-refractivity contribution in [2.45, 2.75) is 13.1 Å². The van der Waals surface area contributed by atoms with Crippen LogP contribution in [0.15, 0.2) is 66.9 Å². The van der Waals surface area contributed by atoms with Crippen LogP contribution in [0.4, 0.5) is 15.8 Å². The number of pyridine rings is 1. The van der Waals surface area contributed by atoms with Crippen molar-refractivity contribution in [2.75, 3.05) is 10.2 Å². The molecule has 0 radical (unpaired) electrons. The van der Waals surface area contributed by atoms with Gasteiger partial charge in [-0.25, -0.2) is 4.39 Å². The quantitative estimate of drug-likeness (QED) is 0.777. The number of rotatable bonds is 3. The number of amides is 1. The largest absolute Gasteiger partial charge is 0.360 e. The van der Waals surface area contributed by atoms with Gasteiger partial charge in [-0.05, 0) is 48.9 Å². The van der Waals surface area contributed by atoms with Gasteiger partial charge >= 0.3 is 0 Å². The first kappa shape index (κ1) is 15.3. The van der Waals surface area contributed by atoms with Crippen LogP contribution in [0.2, 0.25) is 0 Å². The molecule has 5 heteroatoms. The first-order chi connectivity index (χ1) is 12.1. The van der Waals surface area contributed by atoms with Gasteiger partial charge in [0.25, 0.3) is 5.91 Å².